The summed E-state index contributed by atoms with van der Waals surface area (Å²) < 4.78 is 12.6. The summed E-state index contributed by atoms with van der Waals surface area (Å²) in [5.74, 6) is 0.662. The molecule has 0 saturated heterocycles. The lowest BCUT2D eigenvalue weighted by molar-refractivity contribution is -0.119. The number of carbonyl (C=O) groups excluding carboxylic acids is 1. The van der Waals surface area contributed by atoms with Gasteiger partial charge in [0.1, 0.15) is 11.6 Å². The molecule has 0 aromatic heterocycles. The molecule has 80 valence electrons. The summed E-state index contributed by atoms with van der Waals surface area (Å²) in [6, 6.07) is 6.19. The Kier molecular flexibility index (Phi) is 3.14. The summed E-state index contributed by atoms with van der Waals surface area (Å²) >= 11 is 0. The summed E-state index contributed by atoms with van der Waals surface area (Å²) in [7, 11) is 0. The fourth-order valence-corrected chi connectivity index (χ4v) is 1.92. The first kappa shape index (κ1) is 10.3. The van der Waals surface area contributed by atoms with Crippen molar-refractivity contribution in [1.29, 1.82) is 0 Å². The van der Waals surface area contributed by atoms with Gasteiger partial charge in [-0.05, 0) is 23.6 Å². The van der Waals surface area contributed by atoms with Gasteiger partial charge in [0.2, 0.25) is 0 Å². The number of rotatable bonds is 4. The molecule has 0 bridgehead atoms. The van der Waals surface area contributed by atoms with Crippen LogP contribution in [-0.2, 0) is 11.2 Å². The Hall–Kier alpha value is -1.18. The number of carbonyl (C=O) groups is 1. The van der Waals surface area contributed by atoms with Crippen LogP contribution in [-0.4, -0.2) is 5.78 Å². The van der Waals surface area contributed by atoms with Gasteiger partial charge in [-0.15, -0.1) is 0 Å². The molecule has 1 aromatic carbocycles. The van der Waals surface area contributed by atoms with E-state index in [0.29, 0.717) is 18.8 Å². The molecular formula is C13H15FO. The zero-order valence-electron chi connectivity index (χ0n) is 8.71. The summed E-state index contributed by atoms with van der Waals surface area (Å²) in [6.07, 6.45) is 4.84. The molecule has 0 amide bonds. The number of hydrogen-bond acceptors (Lipinski definition) is 1. The van der Waals surface area contributed by atoms with Crippen molar-refractivity contribution in [1.82, 2.24) is 0 Å². The number of hydrogen-bond donors (Lipinski definition) is 0. The van der Waals surface area contributed by atoms with Crippen LogP contribution in [0.4, 0.5) is 4.39 Å². The highest BCUT2D eigenvalue weighted by Crippen LogP contribution is 2.29. The fraction of sp³-hybridized carbons (Fsp3) is 0.462. The van der Waals surface area contributed by atoms with Gasteiger partial charge in [0, 0.05) is 12.8 Å². The predicted octanol–water partition coefficient (Wildman–Crippen LogP) is 3.13. The van der Waals surface area contributed by atoms with Crippen molar-refractivity contribution < 1.29 is 9.18 Å². The van der Waals surface area contributed by atoms with Crippen molar-refractivity contribution in [2.24, 2.45) is 5.92 Å². The Morgan fingerprint density at radius 1 is 1.27 bits per heavy atom. The molecule has 1 nitrogen and oxygen atoms in total. The number of Topliss-reactive ketones (excluding diaryl/α,β-unsaturated/α-hetero) is 1. The van der Waals surface area contributed by atoms with E-state index in [1.54, 1.807) is 12.1 Å². The Balaban J connectivity index is 1.84. The monoisotopic (exact) mass is 206 g/mol. The highest BCUT2D eigenvalue weighted by Gasteiger charge is 2.20. The van der Waals surface area contributed by atoms with E-state index in [9.17, 15) is 9.18 Å². The second-order valence-corrected chi connectivity index (χ2v) is 4.34. The minimum Gasteiger partial charge on any atom is -0.299 e. The number of halogens is 1. The van der Waals surface area contributed by atoms with E-state index in [2.05, 4.69) is 0 Å². The van der Waals surface area contributed by atoms with Gasteiger partial charge in [-0.3, -0.25) is 4.79 Å². The van der Waals surface area contributed by atoms with Gasteiger partial charge in [0.15, 0.2) is 0 Å². The Morgan fingerprint density at radius 3 is 2.47 bits per heavy atom. The first-order valence-corrected chi connectivity index (χ1v) is 5.50. The third kappa shape index (κ3) is 2.88. The lowest BCUT2D eigenvalue weighted by Crippen LogP contribution is -2.17. The van der Waals surface area contributed by atoms with Gasteiger partial charge in [-0.2, -0.15) is 0 Å². The zero-order valence-corrected chi connectivity index (χ0v) is 8.71. The van der Waals surface area contributed by atoms with Crippen LogP contribution < -0.4 is 0 Å². The second kappa shape index (κ2) is 4.56. The van der Waals surface area contributed by atoms with Crippen LogP contribution in [0.1, 0.15) is 31.2 Å². The minimum atomic E-state index is -0.245. The molecule has 0 heterocycles. The summed E-state index contributed by atoms with van der Waals surface area (Å²) in [6.45, 7) is 0. The third-order valence-corrected chi connectivity index (χ3v) is 3.06. The van der Waals surface area contributed by atoms with Crippen molar-refractivity contribution >= 4 is 5.78 Å². The maximum Gasteiger partial charge on any atom is 0.137 e. The number of benzene rings is 1. The van der Waals surface area contributed by atoms with Gasteiger partial charge in [0.05, 0.1) is 0 Å². The van der Waals surface area contributed by atoms with E-state index < -0.39 is 0 Å². The molecule has 1 aliphatic rings. The van der Waals surface area contributed by atoms with Crippen molar-refractivity contribution in [3.63, 3.8) is 0 Å². The van der Waals surface area contributed by atoms with Crippen LogP contribution in [0.2, 0.25) is 0 Å². The van der Waals surface area contributed by atoms with Crippen LogP contribution >= 0.6 is 0 Å². The molecule has 1 fully saturated rings. The highest BCUT2D eigenvalue weighted by atomic mass is 19.1. The molecule has 2 heteroatoms. The van der Waals surface area contributed by atoms with Crippen LogP contribution in [0.15, 0.2) is 24.3 Å². The maximum atomic E-state index is 12.6. The van der Waals surface area contributed by atoms with Crippen molar-refractivity contribution in [2.45, 2.75) is 32.1 Å². The normalized spacial score (nSPS) is 16.1. The molecule has 1 saturated carbocycles. The van der Waals surface area contributed by atoms with Crippen molar-refractivity contribution in [3.05, 3.63) is 35.6 Å². The quantitative estimate of drug-likeness (QED) is 0.739. The SMILES string of the molecule is O=C(Cc1ccc(F)cc1)CC1CCC1. The van der Waals surface area contributed by atoms with Crippen LogP contribution in [0.5, 0.6) is 0 Å². The van der Waals surface area contributed by atoms with Gasteiger partial charge in [-0.1, -0.05) is 31.4 Å². The minimum absolute atomic E-state index is 0.245. The average molecular weight is 206 g/mol. The van der Waals surface area contributed by atoms with E-state index in [1.165, 1.54) is 31.4 Å². The molecule has 1 aromatic rings. The molecule has 0 spiro atoms. The van der Waals surface area contributed by atoms with Crippen LogP contribution in [0.3, 0.4) is 0 Å². The molecule has 15 heavy (non-hydrogen) atoms. The van der Waals surface area contributed by atoms with Gasteiger partial charge < -0.3 is 0 Å². The molecule has 1 aliphatic carbocycles. The van der Waals surface area contributed by atoms with E-state index in [1.807, 2.05) is 0 Å². The molecule has 0 unspecified atom stereocenters. The predicted molar refractivity (Wildman–Crippen MR) is 57.1 cm³/mol. The van der Waals surface area contributed by atoms with E-state index in [4.69, 9.17) is 0 Å². The van der Waals surface area contributed by atoms with E-state index in [-0.39, 0.29) is 11.6 Å². The molecule has 2 rings (SSSR count). The maximum absolute atomic E-state index is 12.6. The topological polar surface area (TPSA) is 17.1 Å². The molecule has 0 N–H and O–H groups in total. The van der Waals surface area contributed by atoms with E-state index in [0.717, 1.165) is 5.56 Å². The Labute approximate surface area is 89.3 Å². The highest BCUT2D eigenvalue weighted by molar-refractivity contribution is 5.81. The molecule has 0 radical (unpaired) electrons. The average Bonchev–Trinajstić information content (AvgIpc) is 2.16. The largest absolute Gasteiger partial charge is 0.299 e. The Bertz CT molecular complexity index is 338. The molecule has 0 aliphatic heterocycles. The lowest BCUT2D eigenvalue weighted by Gasteiger charge is -2.24. The lowest BCUT2D eigenvalue weighted by atomic mass is 9.81. The summed E-state index contributed by atoms with van der Waals surface area (Å²) in [4.78, 5) is 11.6. The van der Waals surface area contributed by atoms with Crippen LogP contribution in [0.25, 0.3) is 0 Å². The second-order valence-electron chi connectivity index (χ2n) is 4.34. The smallest absolute Gasteiger partial charge is 0.137 e. The third-order valence-electron chi connectivity index (χ3n) is 3.06. The van der Waals surface area contributed by atoms with Gasteiger partial charge in [0.25, 0.3) is 0 Å². The van der Waals surface area contributed by atoms with Gasteiger partial charge >= 0.3 is 0 Å². The van der Waals surface area contributed by atoms with Gasteiger partial charge in [-0.25, -0.2) is 4.39 Å². The molecule has 0 atom stereocenters. The zero-order chi connectivity index (χ0) is 10.7. The first-order chi connectivity index (χ1) is 7.24. The molecular weight excluding hydrogens is 191 g/mol. The standard InChI is InChI=1S/C13H15FO/c14-12-6-4-11(5-7-12)9-13(15)8-10-2-1-3-10/h4-7,10H,1-3,8-9H2. The fourth-order valence-electron chi connectivity index (χ4n) is 1.92. The first-order valence-electron chi connectivity index (χ1n) is 5.50. The van der Waals surface area contributed by atoms with Crippen molar-refractivity contribution in [3.8, 4) is 0 Å². The number of ketones is 1. The Morgan fingerprint density at radius 2 is 1.93 bits per heavy atom. The summed E-state index contributed by atoms with van der Waals surface area (Å²) in [5.41, 5.74) is 0.917. The van der Waals surface area contributed by atoms with Crippen molar-refractivity contribution in [2.75, 3.05) is 0 Å². The van der Waals surface area contributed by atoms with E-state index >= 15 is 0 Å². The summed E-state index contributed by atoms with van der Waals surface area (Å²) in [5, 5.41) is 0. The van der Waals surface area contributed by atoms with Crippen LogP contribution in [0, 0.1) is 11.7 Å².